The third-order valence-corrected chi connectivity index (χ3v) is 3.56. The minimum Gasteiger partial charge on any atom is -0.393 e. The normalized spacial score (nSPS) is 32.2. The fourth-order valence-corrected chi connectivity index (χ4v) is 2.21. The number of aliphatic hydroxyl groups excluding tert-OH is 1. The molecule has 0 saturated carbocycles. The van der Waals surface area contributed by atoms with Crippen LogP contribution in [0.5, 0.6) is 0 Å². The Morgan fingerprint density at radius 2 is 2.28 bits per heavy atom. The highest BCUT2D eigenvalue weighted by Crippen LogP contribution is 2.37. The Morgan fingerprint density at radius 3 is 2.89 bits per heavy atom. The van der Waals surface area contributed by atoms with Crippen molar-refractivity contribution < 1.29 is 14.8 Å². The summed E-state index contributed by atoms with van der Waals surface area (Å²) in [7, 11) is 0. The monoisotopic (exact) mass is 252 g/mol. The van der Waals surface area contributed by atoms with E-state index in [0.29, 0.717) is 12.0 Å². The topological polar surface area (TPSA) is 85.5 Å². The van der Waals surface area contributed by atoms with Crippen LogP contribution in [-0.4, -0.2) is 27.2 Å². The van der Waals surface area contributed by atoms with E-state index in [-0.39, 0.29) is 17.7 Å². The summed E-state index contributed by atoms with van der Waals surface area (Å²) in [6, 6.07) is 1.58. The summed E-state index contributed by atoms with van der Waals surface area (Å²) in [4.78, 5) is 14.2. The Balaban J connectivity index is 2.30. The number of nitro groups is 1. The molecule has 2 rings (SSSR count). The van der Waals surface area contributed by atoms with Crippen LogP contribution in [0.3, 0.4) is 0 Å². The Bertz CT molecular complexity index is 439. The number of nitrogens with zero attached hydrogens (tertiary/aromatic N) is 2. The minimum atomic E-state index is -0.508. The second kappa shape index (κ2) is 4.99. The van der Waals surface area contributed by atoms with Crippen LogP contribution in [0.25, 0.3) is 0 Å². The fourth-order valence-electron chi connectivity index (χ4n) is 2.21. The van der Waals surface area contributed by atoms with Crippen molar-refractivity contribution in [2.24, 2.45) is 5.92 Å². The molecular formula is C12H16N2O4. The van der Waals surface area contributed by atoms with Gasteiger partial charge in [0.15, 0.2) is 0 Å². The van der Waals surface area contributed by atoms with E-state index in [1.807, 2.05) is 13.8 Å². The quantitative estimate of drug-likeness (QED) is 0.641. The Labute approximate surface area is 105 Å². The highest BCUT2D eigenvalue weighted by Gasteiger charge is 2.35. The molecule has 1 aromatic heterocycles. The third kappa shape index (κ3) is 2.34. The molecule has 0 radical (unpaired) electrons. The first-order valence-electron chi connectivity index (χ1n) is 5.92. The lowest BCUT2D eigenvalue weighted by atomic mass is 9.88. The van der Waals surface area contributed by atoms with Crippen LogP contribution < -0.4 is 0 Å². The third-order valence-electron chi connectivity index (χ3n) is 3.56. The van der Waals surface area contributed by atoms with Gasteiger partial charge in [0.25, 0.3) is 5.69 Å². The van der Waals surface area contributed by atoms with Crippen LogP contribution in [0.1, 0.15) is 31.9 Å². The van der Waals surface area contributed by atoms with Gasteiger partial charge in [0.1, 0.15) is 6.20 Å². The zero-order chi connectivity index (χ0) is 13.3. The maximum Gasteiger partial charge on any atom is 0.293 e. The van der Waals surface area contributed by atoms with Crippen LogP contribution in [0, 0.1) is 16.0 Å². The molecule has 0 spiro atoms. The first-order chi connectivity index (χ1) is 8.50. The van der Waals surface area contributed by atoms with Gasteiger partial charge in [-0.1, -0.05) is 6.92 Å². The predicted molar refractivity (Wildman–Crippen MR) is 64.0 cm³/mol. The van der Waals surface area contributed by atoms with E-state index in [1.54, 1.807) is 6.07 Å². The van der Waals surface area contributed by atoms with Gasteiger partial charge in [0.2, 0.25) is 0 Å². The maximum atomic E-state index is 10.9. The summed E-state index contributed by atoms with van der Waals surface area (Å²) in [5.74, 6) is 0.0298. The molecule has 0 aromatic carbocycles. The second-order valence-corrected chi connectivity index (χ2v) is 4.68. The van der Waals surface area contributed by atoms with E-state index in [2.05, 4.69) is 4.98 Å². The number of aliphatic hydroxyl groups is 1. The largest absolute Gasteiger partial charge is 0.393 e. The summed E-state index contributed by atoms with van der Waals surface area (Å²) in [5.41, 5.74) is 0.421. The van der Waals surface area contributed by atoms with E-state index < -0.39 is 17.1 Å². The smallest absolute Gasteiger partial charge is 0.293 e. The molecule has 6 heteroatoms. The number of pyridine rings is 1. The zero-order valence-electron chi connectivity index (χ0n) is 10.3. The summed E-state index contributed by atoms with van der Waals surface area (Å²) in [6.07, 6.45) is 2.00. The highest BCUT2D eigenvalue weighted by molar-refractivity contribution is 5.38. The molecule has 1 aliphatic rings. The molecule has 6 nitrogen and oxygen atoms in total. The van der Waals surface area contributed by atoms with E-state index in [0.717, 1.165) is 0 Å². The first-order valence-corrected chi connectivity index (χ1v) is 5.92. The Kier molecular flexibility index (Phi) is 3.58. The first kappa shape index (κ1) is 12.9. The maximum absolute atomic E-state index is 10.9. The molecule has 0 unspecified atom stereocenters. The van der Waals surface area contributed by atoms with Gasteiger partial charge in [-0.05, 0) is 13.0 Å². The molecule has 1 saturated heterocycles. The number of aromatic nitrogens is 1. The van der Waals surface area contributed by atoms with Crippen molar-refractivity contribution in [2.75, 3.05) is 0 Å². The number of ether oxygens (including phenoxy) is 1. The second-order valence-electron chi connectivity index (χ2n) is 4.68. The number of hydrogen-bond donors (Lipinski definition) is 1. The summed E-state index contributed by atoms with van der Waals surface area (Å²) < 4.78 is 5.75. The van der Waals surface area contributed by atoms with Gasteiger partial charge in [-0.25, -0.2) is 0 Å². The van der Waals surface area contributed by atoms with E-state index >= 15 is 0 Å². The van der Waals surface area contributed by atoms with Crippen molar-refractivity contribution in [1.29, 1.82) is 0 Å². The van der Waals surface area contributed by atoms with Gasteiger partial charge in [0.05, 0.1) is 28.8 Å². The SMILES string of the molecule is C[C@H]1[C@H](O)C[C@H](c2ccncc2[N+](=O)[O-])O[C@@H]1C. The van der Waals surface area contributed by atoms with Crippen LogP contribution in [-0.2, 0) is 4.74 Å². The Hall–Kier alpha value is -1.53. The molecule has 18 heavy (non-hydrogen) atoms. The fraction of sp³-hybridized carbons (Fsp3) is 0.583. The van der Waals surface area contributed by atoms with E-state index in [1.165, 1.54) is 12.4 Å². The predicted octanol–water partition coefficient (Wildman–Crippen LogP) is 1.84. The summed E-state index contributed by atoms with van der Waals surface area (Å²) >= 11 is 0. The number of rotatable bonds is 2. The molecule has 4 atom stereocenters. The van der Waals surface area contributed by atoms with Crippen molar-refractivity contribution in [1.82, 2.24) is 4.98 Å². The standard InChI is InChI=1S/C12H16N2O4/c1-7-8(2)18-12(5-11(7)15)9-3-4-13-6-10(9)14(16)17/h3-4,6-8,11-12,15H,5H2,1-2H3/t7-,8-,11-,12-/m1/s1. The van der Waals surface area contributed by atoms with Crippen molar-refractivity contribution in [2.45, 2.75) is 38.6 Å². The van der Waals surface area contributed by atoms with Crippen LogP contribution >= 0.6 is 0 Å². The molecular weight excluding hydrogens is 236 g/mol. The minimum absolute atomic E-state index is 0.0298. The molecule has 0 aliphatic carbocycles. The van der Waals surface area contributed by atoms with Gasteiger partial charge in [-0.15, -0.1) is 0 Å². The van der Waals surface area contributed by atoms with Gasteiger partial charge in [-0.3, -0.25) is 15.1 Å². The van der Waals surface area contributed by atoms with Crippen molar-refractivity contribution in [3.8, 4) is 0 Å². The van der Waals surface area contributed by atoms with Crippen LogP contribution in [0.15, 0.2) is 18.5 Å². The molecule has 0 bridgehead atoms. The molecule has 98 valence electrons. The molecule has 1 fully saturated rings. The van der Waals surface area contributed by atoms with Gasteiger partial charge < -0.3 is 9.84 Å². The van der Waals surface area contributed by atoms with Gasteiger partial charge in [0, 0.05) is 18.5 Å². The average Bonchev–Trinajstić information content (AvgIpc) is 2.35. The van der Waals surface area contributed by atoms with E-state index in [4.69, 9.17) is 4.74 Å². The van der Waals surface area contributed by atoms with Crippen LogP contribution in [0.4, 0.5) is 5.69 Å². The summed E-state index contributed by atoms with van der Waals surface area (Å²) in [6.45, 7) is 3.78. The molecule has 2 heterocycles. The van der Waals surface area contributed by atoms with Crippen LogP contribution in [0.2, 0.25) is 0 Å². The lowest BCUT2D eigenvalue weighted by molar-refractivity contribution is -0.386. The molecule has 1 aromatic rings. The lowest BCUT2D eigenvalue weighted by Crippen LogP contribution is -2.37. The van der Waals surface area contributed by atoms with E-state index in [9.17, 15) is 15.2 Å². The average molecular weight is 252 g/mol. The van der Waals surface area contributed by atoms with Gasteiger partial charge in [-0.2, -0.15) is 0 Å². The highest BCUT2D eigenvalue weighted by atomic mass is 16.6. The Morgan fingerprint density at radius 1 is 1.56 bits per heavy atom. The zero-order valence-corrected chi connectivity index (χ0v) is 10.3. The molecule has 1 aliphatic heterocycles. The van der Waals surface area contributed by atoms with Gasteiger partial charge >= 0.3 is 0 Å². The summed E-state index contributed by atoms with van der Waals surface area (Å²) in [5, 5.41) is 20.9. The lowest BCUT2D eigenvalue weighted by Gasteiger charge is -2.36. The van der Waals surface area contributed by atoms with Crippen molar-refractivity contribution in [3.05, 3.63) is 34.1 Å². The van der Waals surface area contributed by atoms with Crippen molar-refractivity contribution in [3.63, 3.8) is 0 Å². The van der Waals surface area contributed by atoms with Crippen molar-refractivity contribution >= 4 is 5.69 Å². The molecule has 1 N–H and O–H groups in total. The molecule has 0 amide bonds. The number of hydrogen-bond acceptors (Lipinski definition) is 5.